The summed E-state index contributed by atoms with van der Waals surface area (Å²) in [5.74, 6) is 1.30. The Hall–Kier alpha value is -0.120. The first-order valence-electron chi connectivity index (χ1n) is 7.54. The van der Waals surface area contributed by atoms with E-state index in [0.717, 1.165) is 16.6 Å². The fraction of sp³-hybridized carbons (Fsp3) is 0.812. The van der Waals surface area contributed by atoms with Crippen molar-refractivity contribution in [3.63, 3.8) is 0 Å². The largest absolute Gasteiger partial charge is 0.367 e. The van der Waals surface area contributed by atoms with Gasteiger partial charge in [0.2, 0.25) is 0 Å². The van der Waals surface area contributed by atoms with E-state index < -0.39 is 0 Å². The van der Waals surface area contributed by atoms with Crippen molar-refractivity contribution in [2.45, 2.75) is 65.0 Å². The van der Waals surface area contributed by atoms with Gasteiger partial charge >= 0.3 is 0 Å². The Bertz CT molecular complexity index is 500. The molecular weight excluding hydrogens is 290 g/mol. The van der Waals surface area contributed by atoms with Gasteiger partial charge < -0.3 is 4.74 Å². The molecule has 1 aromatic heterocycles. The number of rotatable bonds is 4. The van der Waals surface area contributed by atoms with Crippen molar-refractivity contribution in [1.82, 2.24) is 4.98 Å². The number of hydrogen-bond donors (Lipinski definition) is 0. The standard InChI is InChI=1S/C16H24ClNOS/c1-10(14-18-12(8-17)9-20-14)19-13-7-11-5-6-16(13,4)15(11,2)3/h9-11,13H,5-8H2,1-4H3. The van der Waals surface area contributed by atoms with Gasteiger partial charge in [-0.1, -0.05) is 20.8 Å². The van der Waals surface area contributed by atoms with E-state index in [1.807, 2.05) is 5.38 Å². The maximum Gasteiger partial charge on any atom is 0.122 e. The molecule has 1 aromatic rings. The Kier molecular flexibility index (Phi) is 3.67. The molecule has 2 nitrogen and oxygen atoms in total. The van der Waals surface area contributed by atoms with Crippen LogP contribution in [0.1, 0.15) is 63.8 Å². The maximum atomic E-state index is 6.43. The summed E-state index contributed by atoms with van der Waals surface area (Å²) in [4.78, 5) is 4.55. The van der Waals surface area contributed by atoms with Crippen LogP contribution in [0, 0.1) is 16.7 Å². The lowest BCUT2D eigenvalue weighted by Crippen LogP contribution is -2.37. The highest BCUT2D eigenvalue weighted by Crippen LogP contribution is 2.66. The van der Waals surface area contributed by atoms with Gasteiger partial charge in [0.15, 0.2) is 0 Å². The third-order valence-corrected chi connectivity index (χ3v) is 7.46. The average Bonchev–Trinajstić information content (AvgIpc) is 3.01. The zero-order chi connectivity index (χ0) is 14.5. The molecule has 2 aliphatic carbocycles. The SMILES string of the molecule is CC(OC1CC2CCC1(C)C2(C)C)c1nc(CCl)cs1. The van der Waals surface area contributed by atoms with Crippen molar-refractivity contribution in [3.8, 4) is 0 Å². The van der Waals surface area contributed by atoms with Gasteiger partial charge in [-0.05, 0) is 42.9 Å². The number of nitrogens with zero attached hydrogens (tertiary/aromatic N) is 1. The highest BCUT2D eigenvalue weighted by Gasteiger charge is 2.62. The predicted molar refractivity (Wildman–Crippen MR) is 84.2 cm³/mol. The van der Waals surface area contributed by atoms with Crippen molar-refractivity contribution in [2.75, 3.05) is 0 Å². The number of fused-ring (bicyclic) bond motifs is 2. The normalized spacial score (nSPS) is 36.5. The van der Waals surface area contributed by atoms with Crippen molar-refractivity contribution < 1.29 is 4.74 Å². The zero-order valence-electron chi connectivity index (χ0n) is 12.8. The van der Waals surface area contributed by atoms with Crippen LogP contribution >= 0.6 is 22.9 Å². The van der Waals surface area contributed by atoms with E-state index in [-0.39, 0.29) is 6.10 Å². The highest BCUT2D eigenvalue weighted by atomic mass is 35.5. The monoisotopic (exact) mass is 313 g/mol. The second-order valence-electron chi connectivity index (χ2n) is 7.19. The maximum absolute atomic E-state index is 6.43. The molecule has 0 N–H and O–H groups in total. The molecule has 2 aliphatic rings. The quantitative estimate of drug-likeness (QED) is 0.715. The molecule has 2 bridgehead atoms. The lowest BCUT2D eigenvalue weighted by atomic mass is 9.70. The van der Waals surface area contributed by atoms with Gasteiger partial charge in [-0.15, -0.1) is 22.9 Å². The average molecular weight is 314 g/mol. The number of aromatic nitrogens is 1. The molecule has 0 spiro atoms. The van der Waals surface area contributed by atoms with Crippen molar-refractivity contribution in [2.24, 2.45) is 16.7 Å². The van der Waals surface area contributed by atoms with Crippen LogP contribution in [0.15, 0.2) is 5.38 Å². The van der Waals surface area contributed by atoms with Gasteiger partial charge in [-0.25, -0.2) is 4.98 Å². The molecule has 2 fully saturated rings. The van der Waals surface area contributed by atoms with Gasteiger partial charge in [0.05, 0.1) is 17.7 Å². The third kappa shape index (κ3) is 2.05. The lowest BCUT2D eigenvalue weighted by molar-refractivity contribution is -0.0819. The van der Waals surface area contributed by atoms with Crippen LogP contribution in [0.4, 0.5) is 0 Å². The van der Waals surface area contributed by atoms with Gasteiger partial charge in [0.1, 0.15) is 11.1 Å². The first kappa shape index (κ1) is 14.8. The van der Waals surface area contributed by atoms with E-state index in [2.05, 4.69) is 32.7 Å². The van der Waals surface area contributed by atoms with Gasteiger partial charge in [0, 0.05) is 5.38 Å². The van der Waals surface area contributed by atoms with E-state index in [0.29, 0.717) is 22.8 Å². The molecule has 1 heterocycles. The summed E-state index contributed by atoms with van der Waals surface area (Å²) in [5, 5.41) is 3.10. The fourth-order valence-corrected chi connectivity index (χ4v) is 5.25. The summed E-state index contributed by atoms with van der Waals surface area (Å²) in [6, 6.07) is 0. The molecule has 4 atom stereocenters. The Morgan fingerprint density at radius 3 is 2.75 bits per heavy atom. The molecule has 4 unspecified atom stereocenters. The highest BCUT2D eigenvalue weighted by molar-refractivity contribution is 7.09. The van der Waals surface area contributed by atoms with Crippen LogP contribution in [0.2, 0.25) is 0 Å². The molecule has 112 valence electrons. The fourth-order valence-electron chi connectivity index (χ4n) is 4.21. The number of hydrogen-bond acceptors (Lipinski definition) is 3. The van der Waals surface area contributed by atoms with Gasteiger partial charge in [0.25, 0.3) is 0 Å². The molecular formula is C16H24ClNOS. The molecule has 0 aliphatic heterocycles. The van der Waals surface area contributed by atoms with Crippen LogP contribution in [0.3, 0.4) is 0 Å². The van der Waals surface area contributed by atoms with Crippen molar-refractivity contribution in [1.29, 1.82) is 0 Å². The second kappa shape index (κ2) is 4.96. The molecule has 0 aromatic carbocycles. The van der Waals surface area contributed by atoms with Crippen LogP contribution in [-0.4, -0.2) is 11.1 Å². The summed E-state index contributed by atoms with van der Waals surface area (Å²) >= 11 is 7.49. The Labute approximate surface area is 130 Å². The van der Waals surface area contributed by atoms with E-state index >= 15 is 0 Å². The minimum absolute atomic E-state index is 0.0777. The molecule has 0 saturated heterocycles. The topological polar surface area (TPSA) is 22.1 Å². The Morgan fingerprint density at radius 2 is 2.25 bits per heavy atom. The molecule has 2 saturated carbocycles. The van der Waals surface area contributed by atoms with Crippen molar-refractivity contribution in [3.05, 3.63) is 16.1 Å². The second-order valence-corrected chi connectivity index (χ2v) is 8.35. The molecule has 0 amide bonds. The predicted octanol–water partition coefficient (Wildman–Crippen LogP) is 5.17. The van der Waals surface area contributed by atoms with Crippen LogP contribution in [0.25, 0.3) is 0 Å². The summed E-state index contributed by atoms with van der Waals surface area (Å²) in [7, 11) is 0. The number of alkyl halides is 1. The summed E-state index contributed by atoms with van der Waals surface area (Å²) in [6.07, 6.45) is 4.32. The summed E-state index contributed by atoms with van der Waals surface area (Å²) < 4.78 is 6.43. The molecule has 0 radical (unpaired) electrons. The Balaban J connectivity index is 1.73. The minimum atomic E-state index is 0.0777. The van der Waals surface area contributed by atoms with E-state index in [4.69, 9.17) is 16.3 Å². The summed E-state index contributed by atoms with van der Waals surface area (Å²) in [5.41, 5.74) is 1.68. The molecule has 20 heavy (non-hydrogen) atoms. The minimum Gasteiger partial charge on any atom is -0.367 e. The molecule has 4 heteroatoms. The lowest BCUT2D eigenvalue weighted by Gasteiger charge is -2.39. The first-order chi connectivity index (χ1) is 9.38. The number of thiazole rings is 1. The van der Waals surface area contributed by atoms with Gasteiger partial charge in [-0.2, -0.15) is 0 Å². The van der Waals surface area contributed by atoms with Crippen LogP contribution in [-0.2, 0) is 10.6 Å². The van der Waals surface area contributed by atoms with E-state index in [1.165, 1.54) is 19.3 Å². The van der Waals surface area contributed by atoms with Crippen LogP contribution in [0.5, 0.6) is 0 Å². The van der Waals surface area contributed by atoms with Gasteiger partial charge in [-0.3, -0.25) is 0 Å². The van der Waals surface area contributed by atoms with Crippen LogP contribution < -0.4 is 0 Å². The zero-order valence-corrected chi connectivity index (χ0v) is 14.4. The first-order valence-corrected chi connectivity index (χ1v) is 8.95. The third-order valence-electron chi connectivity index (χ3n) is 6.14. The van der Waals surface area contributed by atoms with E-state index in [9.17, 15) is 0 Å². The summed E-state index contributed by atoms with van der Waals surface area (Å²) in [6.45, 7) is 9.39. The smallest absolute Gasteiger partial charge is 0.122 e. The van der Waals surface area contributed by atoms with E-state index in [1.54, 1.807) is 11.3 Å². The van der Waals surface area contributed by atoms with Crippen molar-refractivity contribution >= 4 is 22.9 Å². The number of ether oxygens (including phenoxy) is 1. The molecule has 3 rings (SSSR count). The Morgan fingerprint density at radius 1 is 1.50 bits per heavy atom. The number of halogens is 1.